The Bertz CT molecular complexity index is 386. The molecule has 0 aliphatic heterocycles. The van der Waals surface area contributed by atoms with Crippen LogP contribution in [0, 0.1) is 11.3 Å². The SMILES string of the molecule is N#CCNC(=O)CSc1ccccc1N. The maximum Gasteiger partial charge on any atom is 0.231 e. The Kier molecular flexibility index (Phi) is 4.51. The first-order valence-electron chi connectivity index (χ1n) is 4.35. The molecule has 0 spiro atoms. The molecule has 0 radical (unpaired) electrons. The molecule has 0 saturated heterocycles. The fourth-order valence-electron chi connectivity index (χ4n) is 0.944. The number of rotatable bonds is 4. The zero-order chi connectivity index (χ0) is 11.1. The molecule has 0 fully saturated rings. The number of nitrogens with two attached hydrogens (primary N) is 1. The zero-order valence-corrected chi connectivity index (χ0v) is 8.88. The lowest BCUT2D eigenvalue weighted by atomic mass is 10.3. The van der Waals surface area contributed by atoms with Gasteiger partial charge in [-0.05, 0) is 12.1 Å². The van der Waals surface area contributed by atoms with Crippen LogP contribution in [0.15, 0.2) is 29.2 Å². The largest absolute Gasteiger partial charge is 0.398 e. The van der Waals surface area contributed by atoms with Crippen LogP contribution < -0.4 is 11.1 Å². The molecule has 15 heavy (non-hydrogen) atoms. The van der Waals surface area contributed by atoms with E-state index >= 15 is 0 Å². The Morgan fingerprint density at radius 2 is 2.27 bits per heavy atom. The molecular weight excluding hydrogens is 210 g/mol. The number of carbonyl (C=O) groups is 1. The van der Waals surface area contributed by atoms with Gasteiger partial charge in [0.25, 0.3) is 0 Å². The highest BCUT2D eigenvalue weighted by atomic mass is 32.2. The number of hydrogen-bond donors (Lipinski definition) is 2. The van der Waals surface area contributed by atoms with Crippen LogP contribution in [-0.4, -0.2) is 18.2 Å². The first kappa shape index (κ1) is 11.4. The summed E-state index contributed by atoms with van der Waals surface area (Å²) in [5.41, 5.74) is 6.36. The molecule has 4 nitrogen and oxygen atoms in total. The summed E-state index contributed by atoms with van der Waals surface area (Å²) >= 11 is 1.36. The van der Waals surface area contributed by atoms with Crippen LogP contribution in [-0.2, 0) is 4.79 Å². The van der Waals surface area contributed by atoms with Crippen LogP contribution in [0.5, 0.6) is 0 Å². The summed E-state index contributed by atoms with van der Waals surface area (Å²) < 4.78 is 0. The molecule has 0 aliphatic carbocycles. The van der Waals surface area contributed by atoms with E-state index in [1.54, 1.807) is 6.07 Å². The van der Waals surface area contributed by atoms with Crippen LogP contribution in [0.3, 0.4) is 0 Å². The molecule has 0 aliphatic rings. The second-order valence-electron chi connectivity index (χ2n) is 2.76. The molecule has 0 atom stereocenters. The third-order valence-electron chi connectivity index (χ3n) is 1.64. The number of carbonyl (C=O) groups excluding carboxylic acids is 1. The summed E-state index contributed by atoms with van der Waals surface area (Å²) in [4.78, 5) is 12.0. The van der Waals surface area contributed by atoms with Gasteiger partial charge in [0.15, 0.2) is 0 Å². The highest BCUT2D eigenvalue weighted by Crippen LogP contribution is 2.23. The molecule has 5 heteroatoms. The molecule has 1 aromatic rings. The van der Waals surface area contributed by atoms with Gasteiger partial charge in [0.1, 0.15) is 6.54 Å². The second-order valence-corrected chi connectivity index (χ2v) is 3.78. The van der Waals surface area contributed by atoms with Crippen molar-refractivity contribution in [3.05, 3.63) is 24.3 Å². The summed E-state index contributed by atoms with van der Waals surface area (Å²) in [7, 11) is 0. The van der Waals surface area contributed by atoms with Crippen molar-refractivity contribution in [2.45, 2.75) is 4.90 Å². The highest BCUT2D eigenvalue weighted by molar-refractivity contribution is 8.00. The highest BCUT2D eigenvalue weighted by Gasteiger charge is 2.03. The van der Waals surface area contributed by atoms with Gasteiger partial charge in [-0.3, -0.25) is 4.79 Å². The fraction of sp³-hybridized carbons (Fsp3) is 0.200. The molecule has 0 aromatic heterocycles. The monoisotopic (exact) mass is 221 g/mol. The van der Waals surface area contributed by atoms with Crippen molar-refractivity contribution in [3.63, 3.8) is 0 Å². The average molecular weight is 221 g/mol. The number of benzene rings is 1. The number of amides is 1. The molecule has 0 unspecified atom stereocenters. The number of nitrogens with one attached hydrogen (secondary N) is 1. The van der Waals surface area contributed by atoms with Crippen molar-refractivity contribution in [1.82, 2.24) is 5.32 Å². The number of hydrogen-bond acceptors (Lipinski definition) is 4. The summed E-state index contributed by atoms with van der Waals surface area (Å²) in [6, 6.07) is 9.20. The minimum atomic E-state index is -0.162. The van der Waals surface area contributed by atoms with Crippen LogP contribution in [0.25, 0.3) is 0 Å². The van der Waals surface area contributed by atoms with Gasteiger partial charge in [-0.25, -0.2) is 0 Å². The van der Waals surface area contributed by atoms with Gasteiger partial charge in [0.05, 0.1) is 11.8 Å². The van der Waals surface area contributed by atoms with Crippen LogP contribution in [0.4, 0.5) is 5.69 Å². The number of para-hydroxylation sites is 1. The van der Waals surface area contributed by atoms with E-state index in [4.69, 9.17) is 11.0 Å². The summed E-state index contributed by atoms with van der Waals surface area (Å²) in [6.07, 6.45) is 0. The summed E-state index contributed by atoms with van der Waals surface area (Å²) in [6.45, 7) is 0.0453. The van der Waals surface area contributed by atoms with Gasteiger partial charge in [0, 0.05) is 10.6 Å². The van der Waals surface area contributed by atoms with Gasteiger partial charge in [-0.1, -0.05) is 12.1 Å². The fourth-order valence-corrected chi connectivity index (χ4v) is 1.74. The number of nitrogen functional groups attached to an aromatic ring is 1. The van der Waals surface area contributed by atoms with Crippen molar-refractivity contribution in [3.8, 4) is 6.07 Å². The van der Waals surface area contributed by atoms with Gasteiger partial charge in [-0.2, -0.15) is 5.26 Å². The van der Waals surface area contributed by atoms with Crippen LogP contribution >= 0.6 is 11.8 Å². The third kappa shape index (κ3) is 3.92. The summed E-state index contributed by atoms with van der Waals surface area (Å²) in [5, 5.41) is 10.7. The predicted octanol–water partition coefficient (Wildman–Crippen LogP) is 1.00. The van der Waals surface area contributed by atoms with E-state index in [1.165, 1.54) is 11.8 Å². The van der Waals surface area contributed by atoms with E-state index in [-0.39, 0.29) is 18.2 Å². The maximum absolute atomic E-state index is 11.2. The van der Waals surface area contributed by atoms with E-state index in [9.17, 15) is 4.79 Å². The van der Waals surface area contributed by atoms with Crippen molar-refractivity contribution < 1.29 is 4.79 Å². The molecule has 0 heterocycles. The van der Waals surface area contributed by atoms with Crippen molar-refractivity contribution >= 4 is 23.4 Å². The van der Waals surface area contributed by atoms with Gasteiger partial charge < -0.3 is 11.1 Å². The van der Waals surface area contributed by atoms with E-state index in [0.717, 1.165) is 4.90 Å². The summed E-state index contributed by atoms with van der Waals surface area (Å²) in [5.74, 6) is 0.111. The lowest BCUT2D eigenvalue weighted by molar-refractivity contribution is -0.118. The first-order chi connectivity index (χ1) is 7.24. The number of thioether (sulfide) groups is 1. The van der Waals surface area contributed by atoms with Crippen LogP contribution in [0.2, 0.25) is 0 Å². The van der Waals surface area contributed by atoms with Gasteiger partial charge in [0.2, 0.25) is 5.91 Å². The second kappa shape index (κ2) is 5.94. The lowest BCUT2D eigenvalue weighted by Gasteiger charge is -2.04. The van der Waals surface area contributed by atoms with Crippen molar-refractivity contribution in [1.29, 1.82) is 5.26 Å². The molecule has 78 valence electrons. The molecule has 1 aromatic carbocycles. The molecule has 1 amide bonds. The normalized spacial score (nSPS) is 9.27. The number of anilines is 1. The molecule has 0 saturated carbocycles. The standard InChI is InChI=1S/C10H11N3OS/c11-5-6-13-10(14)7-15-9-4-2-1-3-8(9)12/h1-4H,6-7,12H2,(H,13,14). The lowest BCUT2D eigenvalue weighted by Crippen LogP contribution is -2.25. The number of nitriles is 1. The third-order valence-corrected chi connectivity index (χ3v) is 2.73. The molecule has 0 bridgehead atoms. The van der Waals surface area contributed by atoms with Crippen molar-refractivity contribution in [2.75, 3.05) is 18.0 Å². The Morgan fingerprint density at radius 1 is 1.53 bits per heavy atom. The minimum Gasteiger partial charge on any atom is -0.398 e. The van der Waals surface area contributed by atoms with Crippen molar-refractivity contribution in [2.24, 2.45) is 0 Å². The van der Waals surface area contributed by atoms with Gasteiger partial charge in [-0.15, -0.1) is 11.8 Å². The Labute approximate surface area is 92.5 Å². The smallest absolute Gasteiger partial charge is 0.231 e. The Morgan fingerprint density at radius 3 is 2.93 bits per heavy atom. The maximum atomic E-state index is 11.2. The quantitative estimate of drug-likeness (QED) is 0.451. The predicted molar refractivity (Wildman–Crippen MR) is 60.2 cm³/mol. The number of nitrogens with zero attached hydrogens (tertiary/aromatic N) is 1. The van der Waals surface area contributed by atoms with Crippen LogP contribution in [0.1, 0.15) is 0 Å². The zero-order valence-electron chi connectivity index (χ0n) is 8.06. The van der Waals surface area contributed by atoms with E-state index in [0.29, 0.717) is 5.69 Å². The van der Waals surface area contributed by atoms with E-state index < -0.39 is 0 Å². The molecule has 3 N–H and O–H groups in total. The topological polar surface area (TPSA) is 78.9 Å². The average Bonchev–Trinajstić information content (AvgIpc) is 2.25. The van der Waals surface area contributed by atoms with E-state index in [2.05, 4.69) is 5.32 Å². The minimum absolute atomic E-state index is 0.0453. The first-order valence-corrected chi connectivity index (χ1v) is 5.33. The molecule has 1 rings (SSSR count). The molecular formula is C10H11N3OS. The van der Waals surface area contributed by atoms with Gasteiger partial charge >= 0.3 is 0 Å². The Hall–Kier alpha value is -1.67. The Balaban J connectivity index is 2.41. The van der Waals surface area contributed by atoms with E-state index in [1.807, 2.05) is 24.3 Å².